The lowest BCUT2D eigenvalue weighted by Gasteiger charge is -2.22. The summed E-state index contributed by atoms with van der Waals surface area (Å²) in [6.07, 6.45) is 2.80. The van der Waals surface area contributed by atoms with Gasteiger partial charge >= 0.3 is 5.97 Å². The molecule has 0 radical (unpaired) electrons. The fraction of sp³-hybridized carbons (Fsp3) is 0.438. The van der Waals surface area contributed by atoms with Crippen molar-refractivity contribution in [2.24, 2.45) is 5.92 Å². The van der Waals surface area contributed by atoms with Crippen LogP contribution in [0, 0.1) is 5.92 Å². The fourth-order valence-corrected chi connectivity index (χ4v) is 2.04. The smallest absolute Gasteiger partial charge is 0.328 e. The molecule has 0 aliphatic rings. The summed E-state index contributed by atoms with van der Waals surface area (Å²) in [5, 5.41) is 8.63. The minimum atomic E-state index is -0.916. The first-order valence-corrected chi connectivity index (χ1v) is 6.73. The van der Waals surface area contributed by atoms with Crippen LogP contribution in [-0.2, 0) is 11.3 Å². The van der Waals surface area contributed by atoms with Gasteiger partial charge in [0, 0.05) is 19.2 Å². The lowest BCUT2D eigenvalue weighted by atomic mass is 10.1. The molecule has 0 aromatic heterocycles. The first-order valence-electron chi connectivity index (χ1n) is 6.73. The number of carbonyl (C=O) groups is 1. The fourth-order valence-electron chi connectivity index (χ4n) is 2.04. The number of hydrogen-bond donors (Lipinski definition) is 1. The summed E-state index contributed by atoms with van der Waals surface area (Å²) in [4.78, 5) is 12.9. The number of aliphatic carboxylic acids is 1. The standard InChI is InChI=1S/C16H23NO2/c1-4-17(11-13(2)3)12-15-7-5-6-14(10-15)8-9-16(18)19/h5-10,13H,4,11-12H2,1-3H3,(H,18,19). The topological polar surface area (TPSA) is 40.5 Å². The zero-order chi connectivity index (χ0) is 14.3. The van der Waals surface area contributed by atoms with E-state index in [1.807, 2.05) is 18.2 Å². The molecule has 0 heterocycles. The Hall–Kier alpha value is -1.61. The average Bonchev–Trinajstić information content (AvgIpc) is 2.35. The summed E-state index contributed by atoms with van der Waals surface area (Å²) >= 11 is 0. The van der Waals surface area contributed by atoms with E-state index in [4.69, 9.17) is 5.11 Å². The first-order chi connectivity index (χ1) is 9.01. The number of carboxylic acids is 1. The van der Waals surface area contributed by atoms with Crippen LogP contribution in [0.4, 0.5) is 0 Å². The molecule has 0 unspecified atom stereocenters. The van der Waals surface area contributed by atoms with Crippen molar-refractivity contribution in [1.29, 1.82) is 0 Å². The van der Waals surface area contributed by atoms with E-state index in [0.29, 0.717) is 5.92 Å². The number of hydrogen-bond acceptors (Lipinski definition) is 2. The molecule has 104 valence electrons. The zero-order valence-corrected chi connectivity index (χ0v) is 12.0. The lowest BCUT2D eigenvalue weighted by Crippen LogP contribution is -2.27. The van der Waals surface area contributed by atoms with Crippen molar-refractivity contribution in [2.75, 3.05) is 13.1 Å². The SMILES string of the molecule is CCN(Cc1cccc(C=CC(=O)O)c1)CC(C)C. The Morgan fingerprint density at radius 1 is 1.42 bits per heavy atom. The average molecular weight is 261 g/mol. The molecule has 19 heavy (non-hydrogen) atoms. The molecular weight excluding hydrogens is 238 g/mol. The molecule has 0 fully saturated rings. The molecule has 0 spiro atoms. The molecule has 0 bridgehead atoms. The third kappa shape index (κ3) is 6.20. The van der Waals surface area contributed by atoms with E-state index >= 15 is 0 Å². The number of nitrogens with zero attached hydrogens (tertiary/aromatic N) is 1. The normalized spacial score (nSPS) is 11.6. The van der Waals surface area contributed by atoms with Gasteiger partial charge in [0.05, 0.1) is 0 Å². The van der Waals surface area contributed by atoms with E-state index in [0.717, 1.165) is 25.2 Å². The first kappa shape index (κ1) is 15.4. The minimum Gasteiger partial charge on any atom is -0.478 e. The molecule has 0 saturated heterocycles. The molecular formula is C16H23NO2. The Bertz CT molecular complexity index is 438. The summed E-state index contributed by atoms with van der Waals surface area (Å²) < 4.78 is 0. The molecule has 0 amide bonds. The van der Waals surface area contributed by atoms with Crippen LogP contribution < -0.4 is 0 Å². The van der Waals surface area contributed by atoms with Crippen molar-refractivity contribution in [3.63, 3.8) is 0 Å². The molecule has 3 heteroatoms. The van der Waals surface area contributed by atoms with Gasteiger partial charge in [0.1, 0.15) is 0 Å². The maximum Gasteiger partial charge on any atom is 0.328 e. The summed E-state index contributed by atoms with van der Waals surface area (Å²) in [5.74, 6) is -0.268. The summed E-state index contributed by atoms with van der Waals surface area (Å²) in [5.41, 5.74) is 2.15. The predicted octanol–water partition coefficient (Wildman–Crippen LogP) is 3.26. The van der Waals surface area contributed by atoms with Gasteiger partial charge < -0.3 is 5.11 Å². The maximum absolute atomic E-state index is 10.5. The minimum absolute atomic E-state index is 0.648. The van der Waals surface area contributed by atoms with Gasteiger partial charge in [-0.1, -0.05) is 45.0 Å². The second-order valence-corrected chi connectivity index (χ2v) is 5.14. The molecule has 0 aliphatic carbocycles. The van der Waals surface area contributed by atoms with E-state index < -0.39 is 5.97 Å². The van der Waals surface area contributed by atoms with E-state index in [9.17, 15) is 4.79 Å². The zero-order valence-electron chi connectivity index (χ0n) is 12.0. The van der Waals surface area contributed by atoms with Gasteiger partial charge in [-0.2, -0.15) is 0 Å². The van der Waals surface area contributed by atoms with Gasteiger partial charge in [-0.25, -0.2) is 4.79 Å². The van der Waals surface area contributed by atoms with Gasteiger partial charge in [-0.05, 0) is 29.7 Å². The van der Waals surface area contributed by atoms with Crippen molar-refractivity contribution in [1.82, 2.24) is 4.90 Å². The largest absolute Gasteiger partial charge is 0.478 e. The number of rotatable bonds is 7. The van der Waals surface area contributed by atoms with Gasteiger partial charge in [-0.15, -0.1) is 0 Å². The van der Waals surface area contributed by atoms with Crippen LogP contribution in [0.3, 0.4) is 0 Å². The molecule has 1 aromatic rings. The van der Waals surface area contributed by atoms with Crippen molar-refractivity contribution >= 4 is 12.0 Å². The Morgan fingerprint density at radius 3 is 2.74 bits per heavy atom. The quantitative estimate of drug-likeness (QED) is 0.766. The van der Waals surface area contributed by atoms with Gasteiger partial charge in [0.2, 0.25) is 0 Å². The van der Waals surface area contributed by atoms with Crippen LogP contribution in [0.2, 0.25) is 0 Å². The van der Waals surface area contributed by atoms with Gasteiger partial charge in [-0.3, -0.25) is 4.90 Å². The van der Waals surface area contributed by atoms with Crippen molar-refractivity contribution in [3.8, 4) is 0 Å². The summed E-state index contributed by atoms with van der Waals surface area (Å²) in [6, 6.07) is 8.02. The number of benzene rings is 1. The van der Waals surface area contributed by atoms with E-state index in [1.54, 1.807) is 6.08 Å². The Labute approximate surface area is 115 Å². The Balaban J connectivity index is 2.72. The predicted molar refractivity (Wildman–Crippen MR) is 78.9 cm³/mol. The van der Waals surface area contributed by atoms with Crippen molar-refractivity contribution in [3.05, 3.63) is 41.5 Å². The second kappa shape index (κ2) is 7.74. The van der Waals surface area contributed by atoms with Crippen molar-refractivity contribution < 1.29 is 9.90 Å². The van der Waals surface area contributed by atoms with Gasteiger partial charge in [0.15, 0.2) is 0 Å². The van der Waals surface area contributed by atoms with E-state index in [2.05, 4.69) is 31.7 Å². The Kier molecular flexibility index (Phi) is 6.30. The highest BCUT2D eigenvalue weighted by Gasteiger charge is 2.06. The molecule has 3 nitrogen and oxygen atoms in total. The van der Waals surface area contributed by atoms with Crippen LogP contribution in [0.15, 0.2) is 30.3 Å². The molecule has 0 atom stereocenters. The van der Waals surface area contributed by atoms with Crippen molar-refractivity contribution in [2.45, 2.75) is 27.3 Å². The third-order valence-corrected chi connectivity index (χ3v) is 2.85. The monoisotopic (exact) mass is 261 g/mol. The molecule has 1 rings (SSSR count). The molecule has 1 aromatic carbocycles. The van der Waals surface area contributed by atoms with Crippen LogP contribution in [0.5, 0.6) is 0 Å². The lowest BCUT2D eigenvalue weighted by molar-refractivity contribution is -0.131. The highest BCUT2D eigenvalue weighted by molar-refractivity contribution is 5.85. The molecule has 0 aliphatic heterocycles. The second-order valence-electron chi connectivity index (χ2n) is 5.14. The summed E-state index contributed by atoms with van der Waals surface area (Å²) in [6.45, 7) is 9.60. The van der Waals surface area contributed by atoms with Crippen LogP contribution in [-0.4, -0.2) is 29.1 Å². The Morgan fingerprint density at radius 2 is 2.16 bits per heavy atom. The number of carboxylic acid groups (broad SMARTS) is 1. The summed E-state index contributed by atoms with van der Waals surface area (Å²) in [7, 11) is 0. The van der Waals surface area contributed by atoms with Crippen LogP contribution >= 0.6 is 0 Å². The third-order valence-electron chi connectivity index (χ3n) is 2.85. The van der Waals surface area contributed by atoms with E-state index in [1.165, 1.54) is 11.6 Å². The van der Waals surface area contributed by atoms with Gasteiger partial charge in [0.25, 0.3) is 0 Å². The van der Waals surface area contributed by atoms with E-state index in [-0.39, 0.29) is 0 Å². The highest BCUT2D eigenvalue weighted by atomic mass is 16.4. The van der Waals surface area contributed by atoms with Crippen LogP contribution in [0.1, 0.15) is 31.9 Å². The molecule has 0 saturated carbocycles. The maximum atomic E-state index is 10.5. The van der Waals surface area contributed by atoms with Crippen LogP contribution in [0.25, 0.3) is 6.08 Å². The highest BCUT2D eigenvalue weighted by Crippen LogP contribution is 2.11. The molecule has 1 N–H and O–H groups in total.